The van der Waals surface area contributed by atoms with Gasteiger partial charge in [-0.25, -0.2) is 4.79 Å². The van der Waals surface area contributed by atoms with E-state index in [1.54, 1.807) is 11.1 Å². The molecule has 0 aromatic heterocycles. The molecule has 1 aromatic rings. The fraction of sp³-hybridized carbons (Fsp3) is 0.353. The van der Waals surface area contributed by atoms with E-state index in [2.05, 4.69) is 0 Å². The van der Waals surface area contributed by atoms with E-state index in [9.17, 15) is 4.79 Å². The molecule has 1 aliphatic heterocycles. The lowest BCUT2D eigenvalue weighted by Crippen LogP contribution is -2.34. The smallest absolute Gasteiger partial charge is 0.414 e. The number of carbonyl (C=O) groups excluding carboxylic acids is 1. The van der Waals surface area contributed by atoms with Gasteiger partial charge in [0.05, 0.1) is 0 Å². The number of hydrogen-bond donors (Lipinski definition) is 1. The second kappa shape index (κ2) is 6.04. The minimum atomic E-state index is -0.473. The largest absolute Gasteiger partial charge is 0.443 e. The van der Waals surface area contributed by atoms with Crippen LogP contribution in [0.3, 0.4) is 0 Å². The third kappa shape index (κ3) is 4.67. The molecule has 0 radical (unpaired) electrons. The van der Waals surface area contributed by atoms with Crippen LogP contribution in [0.15, 0.2) is 48.2 Å². The molecular formula is C17H22N2O2. The van der Waals surface area contributed by atoms with E-state index in [0.29, 0.717) is 6.54 Å². The summed E-state index contributed by atoms with van der Waals surface area (Å²) >= 11 is 0. The van der Waals surface area contributed by atoms with Gasteiger partial charge in [-0.3, -0.25) is 4.90 Å². The number of carbonyl (C=O) groups is 1. The van der Waals surface area contributed by atoms with E-state index >= 15 is 0 Å². The average molecular weight is 286 g/mol. The molecule has 4 nitrogen and oxygen atoms in total. The van der Waals surface area contributed by atoms with Gasteiger partial charge in [0.25, 0.3) is 0 Å². The van der Waals surface area contributed by atoms with Crippen LogP contribution in [0.2, 0.25) is 0 Å². The fourth-order valence-corrected chi connectivity index (χ4v) is 1.99. The number of rotatable bonds is 2. The Labute approximate surface area is 125 Å². The molecule has 2 rings (SSSR count). The lowest BCUT2D eigenvalue weighted by atomic mass is 10.0. The van der Waals surface area contributed by atoms with Crippen LogP contribution < -0.4 is 5.73 Å². The summed E-state index contributed by atoms with van der Waals surface area (Å²) in [5.41, 5.74) is 8.35. The Morgan fingerprint density at radius 2 is 1.95 bits per heavy atom. The maximum Gasteiger partial charge on any atom is 0.414 e. The van der Waals surface area contributed by atoms with Crippen molar-refractivity contribution in [3.8, 4) is 0 Å². The summed E-state index contributed by atoms with van der Waals surface area (Å²) in [6, 6.07) is 7.83. The third-order valence-electron chi connectivity index (χ3n) is 3.03. The van der Waals surface area contributed by atoms with Crippen LogP contribution in [0.5, 0.6) is 0 Å². The summed E-state index contributed by atoms with van der Waals surface area (Å²) in [5, 5.41) is 0. The van der Waals surface area contributed by atoms with Gasteiger partial charge in [-0.15, -0.1) is 0 Å². The molecule has 21 heavy (non-hydrogen) atoms. The highest BCUT2D eigenvalue weighted by molar-refractivity contribution is 5.70. The topological polar surface area (TPSA) is 55.6 Å². The molecule has 1 heterocycles. The molecule has 1 aromatic carbocycles. The average Bonchev–Trinajstić information content (AvgIpc) is 2.40. The predicted octanol–water partition coefficient (Wildman–Crippen LogP) is 3.50. The number of nitrogens with zero attached hydrogens (tertiary/aromatic N) is 1. The molecule has 0 bridgehead atoms. The van der Waals surface area contributed by atoms with Gasteiger partial charge < -0.3 is 10.5 Å². The number of nitrogen functional groups attached to an aromatic ring is 1. The molecule has 112 valence electrons. The maximum absolute atomic E-state index is 11.9. The molecule has 0 unspecified atom stereocenters. The minimum absolute atomic E-state index is 0.318. The highest BCUT2D eigenvalue weighted by Gasteiger charge is 2.21. The van der Waals surface area contributed by atoms with Crippen LogP contribution in [0, 0.1) is 0 Å². The van der Waals surface area contributed by atoms with Crippen LogP contribution in [0.25, 0.3) is 0 Å². The van der Waals surface area contributed by atoms with Crippen molar-refractivity contribution < 1.29 is 9.53 Å². The lowest BCUT2D eigenvalue weighted by Gasteiger charge is -2.26. The molecule has 0 aliphatic carbocycles. The van der Waals surface area contributed by atoms with E-state index in [-0.39, 0.29) is 6.09 Å². The Balaban J connectivity index is 1.92. The van der Waals surface area contributed by atoms with Gasteiger partial charge >= 0.3 is 6.09 Å². The monoisotopic (exact) mass is 286 g/mol. The number of nitrogens with two attached hydrogens (primary N) is 1. The van der Waals surface area contributed by atoms with Crippen molar-refractivity contribution in [3.05, 3.63) is 53.8 Å². The standard InChI is InChI=1S/C17H22N2O2/c1-17(2,3)21-16(20)19-10-8-14(9-11-19)12-13-4-6-15(18)7-5-13/h4-10H,11-12,18H2,1-3H3. The zero-order chi connectivity index (χ0) is 15.5. The molecule has 0 fully saturated rings. The first-order valence-corrected chi connectivity index (χ1v) is 7.05. The summed E-state index contributed by atoms with van der Waals surface area (Å²) in [6.07, 6.45) is 6.28. The van der Waals surface area contributed by atoms with Crippen molar-refractivity contribution in [1.29, 1.82) is 0 Å². The third-order valence-corrected chi connectivity index (χ3v) is 3.03. The summed E-state index contributed by atoms with van der Waals surface area (Å²) in [5.74, 6) is 0. The van der Waals surface area contributed by atoms with Gasteiger partial charge in [-0.05, 0) is 56.5 Å². The molecule has 4 heteroatoms. The van der Waals surface area contributed by atoms with Crippen LogP contribution >= 0.6 is 0 Å². The zero-order valence-electron chi connectivity index (χ0n) is 12.8. The first-order chi connectivity index (χ1) is 9.83. The molecule has 1 amide bonds. The normalized spacial score (nSPS) is 14.8. The Morgan fingerprint density at radius 1 is 1.29 bits per heavy atom. The van der Waals surface area contributed by atoms with Crippen LogP contribution in [-0.4, -0.2) is 23.1 Å². The summed E-state index contributed by atoms with van der Waals surface area (Å²) in [6.45, 7) is 6.12. The molecule has 0 saturated heterocycles. The Morgan fingerprint density at radius 3 is 2.48 bits per heavy atom. The van der Waals surface area contributed by atoms with Crippen molar-refractivity contribution in [1.82, 2.24) is 4.90 Å². The molecule has 0 saturated carbocycles. The first-order valence-electron chi connectivity index (χ1n) is 7.05. The quantitative estimate of drug-likeness (QED) is 0.846. The summed E-state index contributed by atoms with van der Waals surface area (Å²) in [7, 11) is 0. The van der Waals surface area contributed by atoms with Crippen molar-refractivity contribution in [2.75, 3.05) is 12.3 Å². The molecule has 0 spiro atoms. The van der Waals surface area contributed by atoms with E-state index in [0.717, 1.165) is 12.1 Å². The van der Waals surface area contributed by atoms with Gasteiger partial charge in [0.1, 0.15) is 5.60 Å². The van der Waals surface area contributed by atoms with Crippen LogP contribution in [-0.2, 0) is 11.2 Å². The number of allylic oxidation sites excluding steroid dienone is 2. The minimum Gasteiger partial charge on any atom is -0.443 e. The predicted molar refractivity (Wildman–Crippen MR) is 84.7 cm³/mol. The van der Waals surface area contributed by atoms with Crippen LogP contribution in [0.4, 0.5) is 10.5 Å². The highest BCUT2D eigenvalue weighted by atomic mass is 16.6. The van der Waals surface area contributed by atoms with Gasteiger partial charge in [0.2, 0.25) is 0 Å². The molecule has 2 N–H and O–H groups in total. The van der Waals surface area contributed by atoms with Gasteiger partial charge in [-0.2, -0.15) is 0 Å². The van der Waals surface area contributed by atoms with Crippen LogP contribution in [0.1, 0.15) is 26.3 Å². The molecular weight excluding hydrogens is 264 g/mol. The van der Waals surface area contributed by atoms with E-state index in [1.165, 1.54) is 11.1 Å². The van der Waals surface area contributed by atoms with E-state index in [4.69, 9.17) is 10.5 Å². The SMILES string of the molecule is CC(C)(C)OC(=O)N1C=CC(Cc2ccc(N)cc2)=CC1. The summed E-state index contributed by atoms with van der Waals surface area (Å²) in [4.78, 5) is 13.5. The maximum atomic E-state index is 11.9. The Kier molecular flexibility index (Phi) is 4.36. The first kappa shape index (κ1) is 15.2. The lowest BCUT2D eigenvalue weighted by molar-refractivity contribution is 0.0349. The Bertz CT molecular complexity index is 565. The van der Waals surface area contributed by atoms with Crippen molar-refractivity contribution in [2.45, 2.75) is 32.8 Å². The number of hydrogen-bond acceptors (Lipinski definition) is 3. The van der Waals surface area contributed by atoms with Gasteiger partial charge in [0, 0.05) is 18.4 Å². The van der Waals surface area contributed by atoms with Crippen molar-refractivity contribution in [2.24, 2.45) is 0 Å². The highest BCUT2D eigenvalue weighted by Crippen LogP contribution is 2.17. The zero-order valence-corrected chi connectivity index (χ0v) is 12.8. The number of anilines is 1. The van der Waals surface area contributed by atoms with Crippen molar-refractivity contribution in [3.63, 3.8) is 0 Å². The van der Waals surface area contributed by atoms with E-state index in [1.807, 2.05) is 57.2 Å². The van der Waals surface area contributed by atoms with E-state index < -0.39 is 5.60 Å². The number of amides is 1. The number of ether oxygens (including phenoxy) is 1. The number of benzene rings is 1. The Hall–Kier alpha value is -2.23. The second-order valence-corrected chi connectivity index (χ2v) is 6.15. The van der Waals surface area contributed by atoms with Gasteiger partial charge in [0.15, 0.2) is 0 Å². The summed E-state index contributed by atoms with van der Waals surface area (Å²) < 4.78 is 5.34. The molecule has 0 atom stereocenters. The fourth-order valence-electron chi connectivity index (χ4n) is 1.99. The molecule has 1 aliphatic rings. The van der Waals surface area contributed by atoms with Crippen molar-refractivity contribution >= 4 is 11.8 Å². The second-order valence-electron chi connectivity index (χ2n) is 6.15. The van der Waals surface area contributed by atoms with Gasteiger partial charge in [-0.1, -0.05) is 18.2 Å².